The molecular formula is C23H24O6. The molecule has 6 nitrogen and oxygen atoms in total. The third-order valence-electron chi connectivity index (χ3n) is 5.34. The molecule has 2 aromatic carbocycles. The van der Waals surface area contributed by atoms with Gasteiger partial charge >= 0.3 is 17.9 Å². The highest BCUT2D eigenvalue weighted by molar-refractivity contribution is 5.95. The predicted octanol–water partition coefficient (Wildman–Crippen LogP) is 3.04. The SMILES string of the molecule is COC(=O)C(Cc1ccccc1)C(=O)O[C@]1(c2ccccc2)C[C@@H](C(=O)OC)C1. The van der Waals surface area contributed by atoms with Gasteiger partial charge in [-0.2, -0.15) is 0 Å². The molecule has 0 N–H and O–H groups in total. The average molecular weight is 396 g/mol. The Labute approximate surface area is 169 Å². The van der Waals surface area contributed by atoms with Gasteiger partial charge < -0.3 is 14.2 Å². The summed E-state index contributed by atoms with van der Waals surface area (Å²) in [6.45, 7) is 0. The van der Waals surface area contributed by atoms with E-state index < -0.39 is 23.5 Å². The van der Waals surface area contributed by atoms with Crippen LogP contribution in [-0.2, 0) is 40.6 Å². The van der Waals surface area contributed by atoms with Gasteiger partial charge in [0.15, 0.2) is 5.92 Å². The molecule has 0 bridgehead atoms. The Hall–Kier alpha value is -3.15. The van der Waals surface area contributed by atoms with Gasteiger partial charge in [0.25, 0.3) is 0 Å². The summed E-state index contributed by atoms with van der Waals surface area (Å²) in [4.78, 5) is 37.2. The van der Waals surface area contributed by atoms with Crippen molar-refractivity contribution in [3.63, 3.8) is 0 Å². The summed E-state index contributed by atoms with van der Waals surface area (Å²) in [7, 11) is 2.58. The van der Waals surface area contributed by atoms with Crippen molar-refractivity contribution in [2.45, 2.75) is 24.9 Å². The van der Waals surface area contributed by atoms with E-state index in [4.69, 9.17) is 14.2 Å². The summed E-state index contributed by atoms with van der Waals surface area (Å²) in [6, 6.07) is 18.5. The highest BCUT2D eigenvalue weighted by Gasteiger charge is 2.53. The van der Waals surface area contributed by atoms with Crippen molar-refractivity contribution >= 4 is 17.9 Å². The standard InChI is InChI=1S/C23H24O6/c1-27-20(24)17-14-23(15-17,18-11-7-4-8-12-18)29-22(26)19(21(25)28-2)13-16-9-5-3-6-10-16/h3-12,17,19H,13-15H2,1-2H3/t17-,19?,23-. The van der Waals surface area contributed by atoms with Gasteiger partial charge in [-0.1, -0.05) is 60.7 Å². The Morgan fingerprint density at radius 2 is 1.48 bits per heavy atom. The van der Waals surface area contributed by atoms with Crippen molar-refractivity contribution in [2.24, 2.45) is 11.8 Å². The molecular weight excluding hydrogens is 372 g/mol. The highest BCUT2D eigenvalue weighted by atomic mass is 16.6. The van der Waals surface area contributed by atoms with Crippen LogP contribution in [0.3, 0.4) is 0 Å². The molecule has 0 amide bonds. The van der Waals surface area contributed by atoms with Gasteiger partial charge in [-0.15, -0.1) is 0 Å². The lowest BCUT2D eigenvalue weighted by atomic mass is 9.67. The minimum absolute atomic E-state index is 0.178. The number of hydrogen-bond donors (Lipinski definition) is 0. The molecule has 1 aliphatic carbocycles. The second-order valence-electron chi connectivity index (χ2n) is 7.18. The zero-order valence-electron chi connectivity index (χ0n) is 16.5. The van der Waals surface area contributed by atoms with Crippen LogP contribution in [-0.4, -0.2) is 32.1 Å². The van der Waals surface area contributed by atoms with Crippen LogP contribution in [0.5, 0.6) is 0 Å². The number of carbonyl (C=O) groups excluding carboxylic acids is 3. The van der Waals surface area contributed by atoms with E-state index in [2.05, 4.69) is 0 Å². The fourth-order valence-corrected chi connectivity index (χ4v) is 3.71. The number of ether oxygens (including phenoxy) is 3. The molecule has 0 heterocycles. The van der Waals surface area contributed by atoms with Crippen molar-refractivity contribution in [1.29, 1.82) is 0 Å². The van der Waals surface area contributed by atoms with Crippen LogP contribution in [0.25, 0.3) is 0 Å². The normalized spacial score (nSPS) is 21.4. The number of esters is 3. The van der Waals surface area contributed by atoms with Gasteiger partial charge in [0.2, 0.25) is 0 Å². The molecule has 1 fully saturated rings. The molecule has 1 unspecified atom stereocenters. The first-order chi connectivity index (χ1) is 14.0. The number of benzene rings is 2. The van der Waals surface area contributed by atoms with Gasteiger partial charge in [0, 0.05) is 12.8 Å². The van der Waals surface area contributed by atoms with E-state index in [1.54, 1.807) is 0 Å². The fourth-order valence-electron chi connectivity index (χ4n) is 3.71. The minimum Gasteiger partial charge on any atom is -0.469 e. The monoisotopic (exact) mass is 396 g/mol. The molecule has 6 heteroatoms. The van der Waals surface area contributed by atoms with Crippen LogP contribution >= 0.6 is 0 Å². The summed E-state index contributed by atoms with van der Waals surface area (Å²) >= 11 is 0. The second kappa shape index (κ2) is 8.90. The molecule has 0 spiro atoms. The molecule has 1 aliphatic rings. The van der Waals surface area contributed by atoms with E-state index in [0.29, 0.717) is 12.8 Å². The van der Waals surface area contributed by atoms with Crippen LogP contribution in [0.15, 0.2) is 60.7 Å². The van der Waals surface area contributed by atoms with E-state index in [0.717, 1.165) is 11.1 Å². The van der Waals surface area contributed by atoms with Crippen molar-refractivity contribution < 1.29 is 28.6 Å². The Bertz CT molecular complexity index is 855. The first kappa shape index (κ1) is 20.6. The third-order valence-corrected chi connectivity index (χ3v) is 5.34. The van der Waals surface area contributed by atoms with Crippen molar-refractivity contribution in [2.75, 3.05) is 14.2 Å². The van der Waals surface area contributed by atoms with E-state index in [9.17, 15) is 14.4 Å². The topological polar surface area (TPSA) is 78.9 Å². The third kappa shape index (κ3) is 4.47. The van der Waals surface area contributed by atoms with Crippen molar-refractivity contribution in [3.05, 3.63) is 71.8 Å². The first-order valence-electron chi connectivity index (χ1n) is 9.47. The molecule has 0 aliphatic heterocycles. The van der Waals surface area contributed by atoms with E-state index in [1.807, 2.05) is 60.7 Å². The summed E-state index contributed by atoms with van der Waals surface area (Å²) in [5, 5.41) is 0. The molecule has 1 saturated carbocycles. The molecule has 0 radical (unpaired) electrons. The molecule has 3 rings (SSSR count). The smallest absolute Gasteiger partial charge is 0.321 e. The van der Waals surface area contributed by atoms with E-state index in [1.165, 1.54) is 14.2 Å². The molecule has 1 atom stereocenters. The maximum absolute atomic E-state index is 13.0. The molecule has 0 aromatic heterocycles. The maximum Gasteiger partial charge on any atom is 0.321 e. The number of rotatable bonds is 7. The average Bonchev–Trinajstić information content (AvgIpc) is 2.74. The molecule has 2 aromatic rings. The summed E-state index contributed by atoms with van der Waals surface area (Å²) in [5.74, 6) is -3.07. The number of methoxy groups -OCH3 is 2. The zero-order chi connectivity index (χ0) is 20.9. The van der Waals surface area contributed by atoms with Gasteiger partial charge in [0.1, 0.15) is 5.60 Å². The molecule has 29 heavy (non-hydrogen) atoms. The van der Waals surface area contributed by atoms with Crippen LogP contribution in [0.2, 0.25) is 0 Å². The summed E-state index contributed by atoms with van der Waals surface area (Å²) in [5.41, 5.74) is 0.659. The lowest BCUT2D eigenvalue weighted by Crippen LogP contribution is -2.49. The Kier molecular flexibility index (Phi) is 6.32. The number of carbonyl (C=O) groups is 3. The zero-order valence-corrected chi connectivity index (χ0v) is 16.5. The number of hydrogen-bond acceptors (Lipinski definition) is 6. The molecule has 0 saturated heterocycles. The summed E-state index contributed by atoms with van der Waals surface area (Å²) in [6.07, 6.45) is 0.807. The quantitative estimate of drug-likeness (QED) is 0.407. The maximum atomic E-state index is 13.0. The van der Waals surface area contributed by atoms with E-state index >= 15 is 0 Å². The van der Waals surface area contributed by atoms with Gasteiger partial charge in [-0.25, -0.2) is 0 Å². The van der Waals surface area contributed by atoms with E-state index in [-0.39, 0.29) is 18.3 Å². The predicted molar refractivity (Wildman–Crippen MR) is 105 cm³/mol. The lowest BCUT2D eigenvalue weighted by molar-refractivity contribution is -0.194. The Morgan fingerprint density at radius 3 is 2.03 bits per heavy atom. The van der Waals surface area contributed by atoms with Crippen LogP contribution < -0.4 is 0 Å². The van der Waals surface area contributed by atoms with Gasteiger partial charge in [-0.3, -0.25) is 14.4 Å². The van der Waals surface area contributed by atoms with Gasteiger partial charge in [-0.05, 0) is 17.5 Å². The first-order valence-corrected chi connectivity index (χ1v) is 9.47. The largest absolute Gasteiger partial charge is 0.469 e. The van der Waals surface area contributed by atoms with Crippen molar-refractivity contribution in [3.8, 4) is 0 Å². The highest BCUT2D eigenvalue weighted by Crippen LogP contribution is 2.49. The van der Waals surface area contributed by atoms with Crippen LogP contribution in [0.4, 0.5) is 0 Å². The minimum atomic E-state index is -1.08. The molecule has 152 valence electrons. The second-order valence-corrected chi connectivity index (χ2v) is 7.18. The Balaban J connectivity index is 1.83. The fraction of sp³-hybridized carbons (Fsp3) is 0.348. The summed E-state index contributed by atoms with van der Waals surface area (Å²) < 4.78 is 15.6. The van der Waals surface area contributed by atoms with Crippen LogP contribution in [0, 0.1) is 11.8 Å². The van der Waals surface area contributed by atoms with Gasteiger partial charge in [0.05, 0.1) is 20.1 Å². The lowest BCUT2D eigenvalue weighted by Gasteiger charge is -2.46. The van der Waals surface area contributed by atoms with Crippen molar-refractivity contribution in [1.82, 2.24) is 0 Å². The van der Waals surface area contributed by atoms with Crippen LogP contribution in [0.1, 0.15) is 24.0 Å². The Morgan fingerprint density at radius 1 is 0.897 bits per heavy atom.